The predicted octanol–water partition coefficient (Wildman–Crippen LogP) is 5.53. The number of hydrogen-bond donors (Lipinski definition) is 3. The van der Waals surface area contributed by atoms with E-state index in [1.807, 2.05) is 48.8 Å². The highest BCUT2D eigenvalue weighted by atomic mass is 79.9. The van der Waals surface area contributed by atoms with E-state index < -0.39 is 0 Å². The van der Waals surface area contributed by atoms with E-state index in [1.165, 1.54) is 11.1 Å². The lowest BCUT2D eigenvalue weighted by Crippen LogP contribution is -2.20. The summed E-state index contributed by atoms with van der Waals surface area (Å²) in [5, 5.41) is 7.06. The molecule has 0 saturated heterocycles. The van der Waals surface area contributed by atoms with E-state index in [1.54, 1.807) is 0 Å². The number of rotatable bonds is 4. The Balaban J connectivity index is 1.35. The Morgan fingerprint density at radius 2 is 1.90 bits per heavy atom. The summed E-state index contributed by atoms with van der Waals surface area (Å²) < 4.78 is 0.845. The van der Waals surface area contributed by atoms with Crippen LogP contribution in [0.2, 0.25) is 0 Å². The highest BCUT2D eigenvalue weighted by Gasteiger charge is 2.23. The Labute approximate surface area is 182 Å². The van der Waals surface area contributed by atoms with Crippen molar-refractivity contribution in [3.63, 3.8) is 0 Å². The molecule has 2 aromatic heterocycles. The van der Waals surface area contributed by atoms with Crippen LogP contribution in [0.5, 0.6) is 0 Å². The van der Waals surface area contributed by atoms with Crippen molar-refractivity contribution in [3.05, 3.63) is 82.6 Å². The number of pyridine rings is 1. The summed E-state index contributed by atoms with van der Waals surface area (Å²) >= 11 is 3.46. The van der Waals surface area contributed by atoms with Crippen molar-refractivity contribution in [2.75, 3.05) is 22.1 Å². The number of carbonyl (C=O) groups excluding carboxylic acids is 1. The van der Waals surface area contributed by atoms with Gasteiger partial charge in [0.25, 0.3) is 0 Å². The molecule has 0 fully saturated rings. The summed E-state index contributed by atoms with van der Waals surface area (Å²) in [5.74, 6) is 0. The average molecular weight is 462 g/mol. The van der Waals surface area contributed by atoms with Crippen LogP contribution in [0.1, 0.15) is 11.1 Å². The topological polar surface area (TPSA) is 73.1 Å². The van der Waals surface area contributed by atoms with E-state index in [0.29, 0.717) is 0 Å². The van der Waals surface area contributed by atoms with Crippen molar-refractivity contribution in [1.29, 1.82) is 0 Å². The van der Waals surface area contributed by atoms with Gasteiger partial charge < -0.3 is 20.5 Å². The zero-order valence-electron chi connectivity index (χ0n) is 16.2. The first-order chi connectivity index (χ1) is 14.7. The molecule has 0 aliphatic carbocycles. The van der Waals surface area contributed by atoms with Gasteiger partial charge in [-0.05, 0) is 64.3 Å². The number of H-pyrrole nitrogens is 1. The number of amides is 2. The molecule has 4 aromatic rings. The molecule has 0 radical (unpaired) electrons. The van der Waals surface area contributed by atoms with E-state index >= 15 is 0 Å². The van der Waals surface area contributed by atoms with Crippen LogP contribution in [0.3, 0.4) is 0 Å². The maximum Gasteiger partial charge on any atom is 0.323 e. The van der Waals surface area contributed by atoms with Crippen LogP contribution in [-0.4, -0.2) is 22.5 Å². The maximum atomic E-state index is 12.6. The molecule has 7 heteroatoms. The molecule has 0 bridgehead atoms. The lowest BCUT2D eigenvalue weighted by atomic mass is 10.1. The van der Waals surface area contributed by atoms with Gasteiger partial charge in [0.05, 0.1) is 5.69 Å². The van der Waals surface area contributed by atoms with Gasteiger partial charge in [-0.25, -0.2) is 9.78 Å². The highest BCUT2D eigenvalue weighted by Crippen LogP contribution is 2.35. The number of nitrogens with zero attached hydrogens (tertiary/aromatic N) is 2. The van der Waals surface area contributed by atoms with Crippen LogP contribution in [0.4, 0.5) is 21.9 Å². The number of para-hydroxylation sites is 1. The first-order valence-corrected chi connectivity index (χ1v) is 10.6. The molecule has 3 N–H and O–H groups in total. The van der Waals surface area contributed by atoms with Gasteiger partial charge in [0.2, 0.25) is 0 Å². The number of benzene rings is 2. The molecule has 0 atom stereocenters. The van der Waals surface area contributed by atoms with E-state index in [4.69, 9.17) is 0 Å². The summed E-state index contributed by atoms with van der Waals surface area (Å²) in [6.07, 6.45) is 4.65. The Morgan fingerprint density at radius 1 is 1.07 bits per heavy atom. The number of urea groups is 1. The largest absolute Gasteiger partial charge is 0.367 e. The molecule has 2 amide bonds. The van der Waals surface area contributed by atoms with Crippen LogP contribution in [0.15, 0.2) is 71.5 Å². The first kappa shape index (κ1) is 18.7. The Hall–Kier alpha value is -3.32. The highest BCUT2D eigenvalue weighted by molar-refractivity contribution is 9.10. The quantitative estimate of drug-likeness (QED) is 0.373. The number of carbonyl (C=O) groups is 1. The lowest BCUT2D eigenvalue weighted by molar-refractivity contribution is 0.262. The maximum absolute atomic E-state index is 12.6. The summed E-state index contributed by atoms with van der Waals surface area (Å²) in [7, 11) is 0. The molecule has 3 heterocycles. The van der Waals surface area contributed by atoms with E-state index in [-0.39, 0.29) is 6.03 Å². The fourth-order valence-corrected chi connectivity index (χ4v) is 4.37. The smallest absolute Gasteiger partial charge is 0.323 e. The SMILES string of the molecule is O=C(Nc1ccccc1Br)Nc1cccc2c1CCN2Cc1ccnc2[nH]ccc12. The minimum atomic E-state index is -0.253. The van der Waals surface area contributed by atoms with E-state index in [2.05, 4.69) is 59.6 Å². The number of anilines is 3. The van der Waals surface area contributed by atoms with Crippen molar-refractivity contribution >= 4 is 50.1 Å². The second-order valence-electron chi connectivity index (χ2n) is 7.24. The number of hydrogen-bond acceptors (Lipinski definition) is 3. The van der Waals surface area contributed by atoms with Crippen LogP contribution in [-0.2, 0) is 13.0 Å². The molecule has 5 rings (SSSR count). The van der Waals surface area contributed by atoms with Gasteiger partial charge in [0.15, 0.2) is 0 Å². The minimum absolute atomic E-state index is 0.253. The van der Waals surface area contributed by atoms with Gasteiger partial charge >= 0.3 is 6.03 Å². The molecular formula is C23H20BrN5O. The second-order valence-corrected chi connectivity index (χ2v) is 8.10. The number of fused-ring (bicyclic) bond motifs is 2. The van der Waals surface area contributed by atoms with Crippen LogP contribution < -0.4 is 15.5 Å². The normalized spacial score (nSPS) is 12.8. The zero-order chi connectivity index (χ0) is 20.5. The molecule has 6 nitrogen and oxygen atoms in total. The Kier molecular flexibility index (Phi) is 4.88. The fourth-order valence-electron chi connectivity index (χ4n) is 3.98. The average Bonchev–Trinajstić information content (AvgIpc) is 3.38. The molecule has 0 saturated carbocycles. The summed E-state index contributed by atoms with van der Waals surface area (Å²) in [4.78, 5) is 22.5. The third-order valence-electron chi connectivity index (χ3n) is 5.41. The molecular weight excluding hydrogens is 442 g/mol. The van der Waals surface area contributed by atoms with Gasteiger partial charge in [0, 0.05) is 52.3 Å². The Morgan fingerprint density at radius 3 is 2.80 bits per heavy atom. The van der Waals surface area contributed by atoms with E-state index in [0.717, 1.165) is 52.1 Å². The van der Waals surface area contributed by atoms with Crippen molar-refractivity contribution in [2.45, 2.75) is 13.0 Å². The van der Waals surface area contributed by atoms with Gasteiger partial charge in [-0.3, -0.25) is 0 Å². The van der Waals surface area contributed by atoms with Crippen LogP contribution in [0, 0.1) is 0 Å². The standard InChI is InChI=1S/C23H20BrN5O/c24-18-4-1-2-5-20(18)28-23(30)27-19-6-3-7-21-17(19)10-13-29(21)14-15-8-11-25-22-16(15)9-12-26-22/h1-9,11-12H,10,13-14H2,(H,25,26)(H2,27,28,30). The second kappa shape index (κ2) is 7.84. The summed E-state index contributed by atoms with van der Waals surface area (Å²) in [6, 6.07) is 17.5. The van der Waals surface area contributed by atoms with Crippen LogP contribution in [0.25, 0.3) is 11.0 Å². The van der Waals surface area contributed by atoms with Crippen molar-refractivity contribution in [2.24, 2.45) is 0 Å². The summed E-state index contributed by atoms with van der Waals surface area (Å²) in [5.41, 5.74) is 6.05. The minimum Gasteiger partial charge on any atom is -0.367 e. The fraction of sp³-hybridized carbons (Fsp3) is 0.130. The monoisotopic (exact) mass is 461 g/mol. The van der Waals surface area contributed by atoms with Crippen molar-refractivity contribution < 1.29 is 4.79 Å². The molecule has 1 aliphatic rings. The molecule has 2 aromatic carbocycles. The Bertz CT molecular complexity index is 1240. The number of aromatic nitrogens is 2. The van der Waals surface area contributed by atoms with E-state index in [9.17, 15) is 4.79 Å². The molecule has 30 heavy (non-hydrogen) atoms. The van der Waals surface area contributed by atoms with Crippen LogP contribution >= 0.6 is 15.9 Å². The lowest BCUT2D eigenvalue weighted by Gasteiger charge is -2.20. The summed E-state index contributed by atoms with van der Waals surface area (Å²) in [6.45, 7) is 1.71. The molecule has 150 valence electrons. The zero-order valence-corrected chi connectivity index (χ0v) is 17.7. The first-order valence-electron chi connectivity index (χ1n) is 9.79. The molecule has 0 spiro atoms. The van der Waals surface area contributed by atoms with Gasteiger partial charge in [-0.15, -0.1) is 0 Å². The molecule has 0 unspecified atom stereocenters. The third kappa shape index (κ3) is 3.52. The third-order valence-corrected chi connectivity index (χ3v) is 6.10. The number of halogens is 1. The van der Waals surface area contributed by atoms with Gasteiger partial charge in [0.1, 0.15) is 5.65 Å². The predicted molar refractivity (Wildman–Crippen MR) is 124 cm³/mol. The van der Waals surface area contributed by atoms with Crippen molar-refractivity contribution in [3.8, 4) is 0 Å². The van der Waals surface area contributed by atoms with Crippen molar-refractivity contribution in [1.82, 2.24) is 9.97 Å². The van der Waals surface area contributed by atoms with Gasteiger partial charge in [-0.1, -0.05) is 18.2 Å². The number of nitrogens with one attached hydrogen (secondary N) is 3. The number of aromatic amines is 1. The molecule has 1 aliphatic heterocycles. The van der Waals surface area contributed by atoms with Gasteiger partial charge in [-0.2, -0.15) is 0 Å².